The van der Waals surface area contributed by atoms with Gasteiger partial charge in [-0.05, 0) is 83.5 Å². The minimum Gasteiger partial charge on any atom is -0.448 e. The number of amides is 1. The van der Waals surface area contributed by atoms with E-state index in [9.17, 15) is 4.79 Å². The molecule has 32 heavy (non-hydrogen) atoms. The summed E-state index contributed by atoms with van der Waals surface area (Å²) in [5.74, 6) is 0. The van der Waals surface area contributed by atoms with Gasteiger partial charge in [-0.2, -0.15) is 0 Å². The van der Waals surface area contributed by atoms with E-state index in [4.69, 9.17) is 4.74 Å². The maximum absolute atomic E-state index is 12.6. The Morgan fingerprint density at radius 2 is 1.81 bits per heavy atom. The van der Waals surface area contributed by atoms with Crippen LogP contribution in [-0.2, 0) is 24.1 Å². The molecule has 0 atom stereocenters. The lowest BCUT2D eigenvalue weighted by molar-refractivity contribution is 0.142. The van der Waals surface area contributed by atoms with Gasteiger partial charge in [-0.15, -0.1) is 0 Å². The standard InChI is InChI=1S/C26H42N4O2/c1-5-29(6-2)19-20-32-26(31)27-22-14-11-16-24-25(22)21-13-9-7-8-10-15-23(21)30(24)18-12-17-28(3)4/h11,14,16H,5-10,12-13,15,17-20H2,1-4H3,(H,27,31). The summed E-state index contributed by atoms with van der Waals surface area (Å²) in [5.41, 5.74) is 5.04. The van der Waals surface area contributed by atoms with Crippen molar-refractivity contribution in [3.05, 3.63) is 29.5 Å². The fourth-order valence-electron chi connectivity index (χ4n) is 4.90. The van der Waals surface area contributed by atoms with Crippen molar-refractivity contribution in [2.24, 2.45) is 0 Å². The van der Waals surface area contributed by atoms with Gasteiger partial charge in [-0.3, -0.25) is 5.32 Å². The number of hydrogen-bond acceptors (Lipinski definition) is 4. The lowest BCUT2D eigenvalue weighted by Crippen LogP contribution is -2.28. The summed E-state index contributed by atoms with van der Waals surface area (Å²) < 4.78 is 8.04. The summed E-state index contributed by atoms with van der Waals surface area (Å²) >= 11 is 0. The molecule has 0 unspecified atom stereocenters. The van der Waals surface area contributed by atoms with Gasteiger partial charge in [0.25, 0.3) is 0 Å². The highest BCUT2D eigenvalue weighted by Crippen LogP contribution is 2.36. The average Bonchev–Trinajstić information content (AvgIpc) is 3.03. The van der Waals surface area contributed by atoms with Crippen molar-refractivity contribution in [3.63, 3.8) is 0 Å². The third kappa shape index (κ3) is 6.26. The van der Waals surface area contributed by atoms with Gasteiger partial charge >= 0.3 is 6.09 Å². The van der Waals surface area contributed by atoms with Crippen LogP contribution < -0.4 is 5.32 Å². The maximum atomic E-state index is 12.6. The van der Waals surface area contributed by atoms with E-state index in [1.54, 1.807) is 0 Å². The molecule has 1 N–H and O–H groups in total. The van der Waals surface area contributed by atoms with Crippen LogP contribution in [0.5, 0.6) is 0 Å². The molecular formula is C26H42N4O2. The Bertz CT molecular complexity index is 870. The monoisotopic (exact) mass is 442 g/mol. The molecule has 0 spiro atoms. The van der Waals surface area contributed by atoms with E-state index in [0.717, 1.165) is 57.7 Å². The highest BCUT2D eigenvalue weighted by Gasteiger charge is 2.21. The molecule has 1 aliphatic rings. The number of anilines is 1. The number of carbonyl (C=O) groups is 1. The van der Waals surface area contributed by atoms with Crippen LogP contribution in [-0.4, -0.2) is 67.3 Å². The SMILES string of the molecule is CCN(CC)CCOC(=O)Nc1cccc2c1c1c(n2CCCN(C)C)CCCCCC1. The van der Waals surface area contributed by atoms with Crippen molar-refractivity contribution in [2.45, 2.75) is 65.3 Å². The van der Waals surface area contributed by atoms with Crippen LogP contribution >= 0.6 is 0 Å². The Morgan fingerprint density at radius 1 is 1.06 bits per heavy atom. The number of likely N-dealkylation sites (N-methyl/N-ethyl adjacent to an activating group) is 1. The second-order valence-electron chi connectivity index (χ2n) is 9.14. The summed E-state index contributed by atoms with van der Waals surface area (Å²) in [6.07, 6.45) is 8.03. The highest BCUT2D eigenvalue weighted by atomic mass is 16.5. The van der Waals surface area contributed by atoms with E-state index in [1.807, 2.05) is 6.07 Å². The largest absolute Gasteiger partial charge is 0.448 e. The van der Waals surface area contributed by atoms with Gasteiger partial charge in [0.1, 0.15) is 6.61 Å². The molecule has 178 valence electrons. The van der Waals surface area contributed by atoms with Crippen LogP contribution in [0.4, 0.5) is 10.5 Å². The number of benzene rings is 1. The van der Waals surface area contributed by atoms with E-state index in [0.29, 0.717) is 6.61 Å². The summed E-state index contributed by atoms with van der Waals surface area (Å²) in [6.45, 7) is 9.45. The predicted molar refractivity (Wildman–Crippen MR) is 134 cm³/mol. The summed E-state index contributed by atoms with van der Waals surface area (Å²) in [5, 5.41) is 4.28. The molecule has 0 aliphatic heterocycles. The Labute approximate surface area is 193 Å². The predicted octanol–water partition coefficient (Wildman–Crippen LogP) is 5.14. The molecule has 0 radical (unpaired) electrons. The van der Waals surface area contributed by atoms with Crippen molar-refractivity contribution >= 4 is 22.7 Å². The summed E-state index contributed by atoms with van der Waals surface area (Å²) in [7, 11) is 4.26. The Kier molecular flexibility index (Phi) is 9.42. The number of nitrogens with one attached hydrogen (secondary N) is 1. The van der Waals surface area contributed by atoms with Gasteiger partial charge in [0.15, 0.2) is 0 Å². The highest BCUT2D eigenvalue weighted by molar-refractivity contribution is 6.02. The molecule has 0 fully saturated rings. The first-order valence-corrected chi connectivity index (χ1v) is 12.5. The van der Waals surface area contributed by atoms with E-state index in [2.05, 4.69) is 59.8 Å². The maximum Gasteiger partial charge on any atom is 0.411 e. The van der Waals surface area contributed by atoms with E-state index >= 15 is 0 Å². The number of rotatable bonds is 10. The first kappa shape index (κ1) is 24.6. The van der Waals surface area contributed by atoms with Crippen molar-refractivity contribution in [2.75, 3.05) is 52.2 Å². The van der Waals surface area contributed by atoms with Gasteiger partial charge in [0, 0.05) is 24.2 Å². The normalized spacial score (nSPS) is 14.4. The van der Waals surface area contributed by atoms with Crippen molar-refractivity contribution in [1.29, 1.82) is 0 Å². The molecule has 1 aromatic carbocycles. The summed E-state index contributed by atoms with van der Waals surface area (Å²) in [6, 6.07) is 6.30. The molecule has 0 bridgehead atoms. The van der Waals surface area contributed by atoms with Crippen LogP contribution in [0, 0.1) is 0 Å². The quantitative estimate of drug-likeness (QED) is 0.553. The molecule has 3 rings (SSSR count). The molecule has 6 heteroatoms. The van der Waals surface area contributed by atoms with Gasteiger partial charge in [-0.1, -0.05) is 32.8 Å². The number of aromatic nitrogens is 1. The van der Waals surface area contributed by atoms with E-state index in [1.165, 1.54) is 47.8 Å². The summed E-state index contributed by atoms with van der Waals surface area (Å²) in [4.78, 5) is 17.1. The minimum absolute atomic E-state index is 0.357. The topological polar surface area (TPSA) is 49.7 Å². The molecular weight excluding hydrogens is 400 g/mol. The van der Waals surface area contributed by atoms with Gasteiger partial charge in [-0.25, -0.2) is 4.79 Å². The Morgan fingerprint density at radius 3 is 2.53 bits per heavy atom. The van der Waals surface area contributed by atoms with Gasteiger partial charge in [0.2, 0.25) is 0 Å². The molecule has 1 heterocycles. The Hall–Kier alpha value is -2.05. The fraction of sp³-hybridized carbons (Fsp3) is 0.654. The number of aryl methyl sites for hydroxylation is 2. The lowest BCUT2D eigenvalue weighted by atomic mass is 9.96. The van der Waals surface area contributed by atoms with Crippen molar-refractivity contribution in [3.8, 4) is 0 Å². The smallest absolute Gasteiger partial charge is 0.411 e. The number of ether oxygens (including phenoxy) is 1. The zero-order valence-electron chi connectivity index (χ0n) is 20.6. The van der Waals surface area contributed by atoms with Crippen LogP contribution in [0.25, 0.3) is 10.9 Å². The molecule has 1 amide bonds. The number of carbonyl (C=O) groups excluding carboxylic acids is 1. The number of fused-ring (bicyclic) bond motifs is 3. The molecule has 2 aromatic rings. The lowest BCUT2D eigenvalue weighted by Gasteiger charge is -2.17. The zero-order valence-corrected chi connectivity index (χ0v) is 20.6. The van der Waals surface area contributed by atoms with E-state index in [-0.39, 0.29) is 6.09 Å². The molecule has 1 aromatic heterocycles. The first-order valence-electron chi connectivity index (χ1n) is 12.5. The number of nitrogens with zero attached hydrogens (tertiary/aromatic N) is 3. The van der Waals surface area contributed by atoms with Crippen LogP contribution in [0.2, 0.25) is 0 Å². The van der Waals surface area contributed by atoms with Gasteiger partial charge < -0.3 is 19.1 Å². The molecule has 0 saturated carbocycles. The van der Waals surface area contributed by atoms with Gasteiger partial charge in [0.05, 0.1) is 11.2 Å². The molecule has 1 aliphatic carbocycles. The first-order chi connectivity index (χ1) is 15.5. The van der Waals surface area contributed by atoms with Crippen LogP contribution in [0.1, 0.15) is 57.2 Å². The van der Waals surface area contributed by atoms with Crippen LogP contribution in [0.3, 0.4) is 0 Å². The average molecular weight is 443 g/mol. The molecule has 6 nitrogen and oxygen atoms in total. The Balaban J connectivity index is 1.84. The molecule has 0 saturated heterocycles. The zero-order chi connectivity index (χ0) is 22.9. The number of hydrogen-bond donors (Lipinski definition) is 1. The van der Waals surface area contributed by atoms with Crippen LogP contribution in [0.15, 0.2) is 18.2 Å². The van der Waals surface area contributed by atoms with E-state index < -0.39 is 0 Å². The van der Waals surface area contributed by atoms with Crippen molar-refractivity contribution in [1.82, 2.24) is 14.4 Å². The second kappa shape index (κ2) is 12.3. The third-order valence-corrected chi connectivity index (χ3v) is 6.66. The minimum atomic E-state index is -0.357. The van der Waals surface area contributed by atoms with Crippen molar-refractivity contribution < 1.29 is 9.53 Å². The fourth-order valence-corrected chi connectivity index (χ4v) is 4.90. The second-order valence-corrected chi connectivity index (χ2v) is 9.14. The third-order valence-electron chi connectivity index (χ3n) is 6.66.